The van der Waals surface area contributed by atoms with E-state index in [0.717, 1.165) is 36.4 Å². The monoisotopic (exact) mass is 1090 g/mol. The molecular formula is C49H63N7O15S3. The molecule has 0 aromatic heterocycles. The molecule has 4 aromatic rings. The Morgan fingerprint density at radius 3 is 2.23 bits per heavy atom. The van der Waals surface area contributed by atoms with Crippen molar-refractivity contribution < 1.29 is 68.4 Å². The van der Waals surface area contributed by atoms with Gasteiger partial charge in [0.2, 0.25) is 27.7 Å². The van der Waals surface area contributed by atoms with Gasteiger partial charge < -0.3 is 50.3 Å². The zero-order valence-electron chi connectivity index (χ0n) is 40.9. The molecule has 2 aliphatic heterocycles. The number of nitrogens with one attached hydrogen (secondary N) is 5. The Morgan fingerprint density at radius 2 is 1.55 bits per heavy atom. The van der Waals surface area contributed by atoms with Crippen molar-refractivity contribution in [3.63, 3.8) is 0 Å². The largest absolute Gasteiger partial charge is 0.397 e. The maximum Gasteiger partial charge on any atom is 0.397 e. The van der Waals surface area contributed by atoms with E-state index in [1.54, 1.807) is 47.4 Å². The Hall–Kier alpha value is -5.58. The number of hydrogen-bond acceptors (Lipinski definition) is 16. The molecule has 2 heterocycles. The highest BCUT2D eigenvalue weighted by molar-refractivity contribution is 8.00. The van der Waals surface area contributed by atoms with Crippen LogP contribution in [0.4, 0.5) is 5.69 Å². The van der Waals surface area contributed by atoms with Gasteiger partial charge >= 0.3 is 10.4 Å². The average Bonchev–Trinajstić information content (AvgIpc) is 3.39. The van der Waals surface area contributed by atoms with Gasteiger partial charge in [0.05, 0.1) is 43.7 Å². The molecule has 0 saturated carbocycles. The van der Waals surface area contributed by atoms with E-state index in [1.807, 2.05) is 12.1 Å². The van der Waals surface area contributed by atoms with Crippen LogP contribution in [0.3, 0.4) is 0 Å². The number of likely N-dealkylation sites (tertiary alicyclic amines) is 1. The number of carbonyl (C=O) groups is 4. The number of nitrogens with zero attached hydrogens (tertiary/aromatic N) is 1. The number of piperidine rings is 1. The first-order valence-electron chi connectivity index (χ1n) is 23.7. The van der Waals surface area contributed by atoms with Gasteiger partial charge in [0.1, 0.15) is 42.3 Å². The van der Waals surface area contributed by atoms with Crippen molar-refractivity contribution in [3.8, 4) is 0 Å². The smallest absolute Gasteiger partial charge is 0.384 e. The minimum atomic E-state index is -4.72. The second kappa shape index (κ2) is 27.8. The summed E-state index contributed by atoms with van der Waals surface area (Å²) >= 11 is 1.00. The molecule has 0 spiro atoms. The maximum atomic E-state index is 14.3. The van der Waals surface area contributed by atoms with Crippen LogP contribution >= 0.6 is 11.8 Å². The third kappa shape index (κ3) is 17.2. The molecule has 2 aliphatic rings. The molecule has 0 aliphatic carbocycles. The first kappa shape index (κ1) is 57.7. The van der Waals surface area contributed by atoms with Gasteiger partial charge in [-0.3, -0.25) is 29.1 Å². The second-order valence-electron chi connectivity index (χ2n) is 17.3. The van der Waals surface area contributed by atoms with Crippen molar-refractivity contribution in [3.05, 3.63) is 108 Å². The minimum Gasteiger partial charge on any atom is -0.384 e. The minimum absolute atomic E-state index is 0.0375. The van der Waals surface area contributed by atoms with E-state index in [0.29, 0.717) is 40.9 Å². The lowest BCUT2D eigenvalue weighted by molar-refractivity contribution is -0.225. The van der Waals surface area contributed by atoms with E-state index in [1.165, 1.54) is 50.6 Å². The summed E-state index contributed by atoms with van der Waals surface area (Å²) in [6.45, 7) is 0.974. The van der Waals surface area contributed by atoms with Crippen molar-refractivity contribution in [1.82, 2.24) is 20.3 Å². The summed E-state index contributed by atoms with van der Waals surface area (Å²) in [5.74, 6) is -2.45. The molecule has 4 amide bonds. The molecule has 2 fully saturated rings. The molecule has 0 bridgehead atoms. The molecule has 25 heteroatoms. The van der Waals surface area contributed by atoms with Crippen molar-refractivity contribution in [2.45, 2.75) is 67.1 Å². The topological polar surface area (TPSA) is 313 Å². The second-order valence-corrected chi connectivity index (χ2v) is 21.2. The van der Waals surface area contributed by atoms with Crippen LogP contribution < -0.4 is 26.4 Å². The summed E-state index contributed by atoms with van der Waals surface area (Å²) in [6, 6.07) is 22.2. The lowest BCUT2D eigenvalue weighted by Gasteiger charge is -2.40. The van der Waals surface area contributed by atoms with Crippen LogP contribution in [0.15, 0.2) is 95.9 Å². The quantitative estimate of drug-likeness (QED) is 0.0195. The van der Waals surface area contributed by atoms with E-state index in [9.17, 15) is 36.0 Å². The number of amidine groups is 1. The van der Waals surface area contributed by atoms with E-state index < -0.39 is 81.3 Å². The molecule has 3 unspecified atom stereocenters. The third-order valence-corrected chi connectivity index (χ3v) is 15.1. The van der Waals surface area contributed by atoms with E-state index in [-0.39, 0.29) is 67.5 Å². The number of methoxy groups -OCH3 is 2. The number of benzene rings is 4. The Morgan fingerprint density at radius 1 is 0.851 bits per heavy atom. The summed E-state index contributed by atoms with van der Waals surface area (Å²) in [6.07, 6.45) is -0.215. The van der Waals surface area contributed by atoms with Gasteiger partial charge in [-0.2, -0.15) is 13.1 Å². The number of fused-ring (bicyclic) bond motifs is 1. The summed E-state index contributed by atoms with van der Waals surface area (Å²) < 4.78 is 94.2. The van der Waals surface area contributed by atoms with Crippen molar-refractivity contribution in [1.29, 1.82) is 5.41 Å². The molecule has 8 N–H and O–H groups in total. The molecule has 22 nitrogen and oxygen atoms in total. The van der Waals surface area contributed by atoms with Crippen molar-refractivity contribution in [2.24, 2.45) is 5.73 Å². The number of ether oxygens (including phenoxy) is 5. The van der Waals surface area contributed by atoms with Gasteiger partial charge in [-0.15, -0.1) is 11.8 Å². The van der Waals surface area contributed by atoms with Gasteiger partial charge in [0.15, 0.2) is 0 Å². The van der Waals surface area contributed by atoms with E-state index in [4.69, 9.17) is 39.4 Å². The normalized spacial score (nSPS) is 19.0. The zero-order chi connectivity index (χ0) is 53.3. The standard InChI is InChI=1S/C49H63N7O15S3/c1-66-41-28-70-42(29-71-74(63,64)65)45(44(41)67-2)69-25-24-68-23-20-52-47(58)35-14-17-37(18-15-35)53-43(57)31-72-30-40(55-73(61,62)38-19-16-33-8-4-5-9-36(33)27-38)48(59)54-39(49(60)56-21-6-3-7-22-56)26-32-10-12-34(13-11-32)46(50)51/h4-5,8-19,27,39-42,44-45,55H,3,6-7,20-26,28-31H2,1-2H3,(H3,50,51)(H,52,58)(H,53,57)(H,54,59)(H,63,64,65)/t39?,40-,41?,42?,44+,45-/m0/s1. The van der Waals surface area contributed by atoms with Crippen molar-refractivity contribution in [2.75, 3.05) is 83.7 Å². The first-order valence-corrected chi connectivity index (χ1v) is 27.7. The van der Waals surface area contributed by atoms with Crippen molar-refractivity contribution >= 4 is 78.1 Å². The molecule has 74 heavy (non-hydrogen) atoms. The van der Waals surface area contributed by atoms with Crippen LogP contribution in [-0.4, -0.2) is 171 Å². The Kier molecular flexibility index (Phi) is 21.7. The Labute approximate surface area is 434 Å². The van der Waals surface area contributed by atoms with Gasteiger partial charge in [-0.05, 0) is 72.0 Å². The summed E-state index contributed by atoms with van der Waals surface area (Å²) in [5, 5.41) is 17.6. The van der Waals surface area contributed by atoms with Crippen LogP contribution in [-0.2, 0) is 69.1 Å². The average molecular weight is 1090 g/mol. The van der Waals surface area contributed by atoms with Gasteiger partial charge in [-0.1, -0.05) is 54.6 Å². The number of nitrogen functional groups attached to an aromatic ring is 1. The fourth-order valence-corrected chi connectivity index (χ4v) is 10.8. The fraction of sp³-hybridized carbons (Fsp3) is 0.449. The number of rotatable bonds is 27. The number of amides is 4. The molecular weight excluding hydrogens is 1020 g/mol. The van der Waals surface area contributed by atoms with E-state index >= 15 is 0 Å². The maximum absolute atomic E-state index is 14.3. The molecule has 402 valence electrons. The van der Waals surface area contributed by atoms with Gasteiger partial charge in [0.25, 0.3) is 5.91 Å². The number of carbonyl (C=O) groups excluding carboxylic acids is 4. The predicted octanol–water partition coefficient (Wildman–Crippen LogP) is 2.26. The third-order valence-electron chi connectivity index (χ3n) is 12.1. The number of nitrogens with two attached hydrogens (primary N) is 1. The number of sulfonamides is 1. The summed E-state index contributed by atoms with van der Waals surface area (Å²) in [5.41, 5.74) is 7.50. The molecule has 0 radical (unpaired) electrons. The van der Waals surface area contributed by atoms with Crippen LogP contribution in [0.25, 0.3) is 10.8 Å². The van der Waals surface area contributed by atoms with Crippen LogP contribution in [0.2, 0.25) is 0 Å². The highest BCUT2D eigenvalue weighted by Gasteiger charge is 2.43. The lowest BCUT2D eigenvalue weighted by Crippen LogP contribution is -2.57. The Balaban J connectivity index is 1.01. The number of hydrogen-bond donors (Lipinski definition) is 7. The summed E-state index contributed by atoms with van der Waals surface area (Å²) in [7, 11) is -6.13. The molecule has 4 aromatic carbocycles. The number of thioether (sulfide) groups is 1. The van der Waals surface area contributed by atoms with Crippen LogP contribution in [0, 0.1) is 5.41 Å². The molecule has 6 rings (SSSR count). The lowest BCUT2D eigenvalue weighted by atomic mass is 10.00. The summed E-state index contributed by atoms with van der Waals surface area (Å²) in [4.78, 5) is 56.0. The van der Waals surface area contributed by atoms with Crippen LogP contribution in [0.5, 0.6) is 0 Å². The highest BCUT2D eigenvalue weighted by Crippen LogP contribution is 2.25. The fourth-order valence-electron chi connectivity index (χ4n) is 8.29. The number of anilines is 1. The highest BCUT2D eigenvalue weighted by atomic mass is 32.3. The Bertz CT molecular complexity index is 2770. The zero-order valence-corrected chi connectivity index (χ0v) is 43.4. The molecule has 6 atom stereocenters. The van der Waals surface area contributed by atoms with Crippen LogP contribution in [0.1, 0.15) is 40.7 Å². The van der Waals surface area contributed by atoms with Gasteiger partial charge in [-0.25, -0.2) is 12.6 Å². The first-order chi connectivity index (χ1) is 35.4. The molecule has 2 saturated heterocycles. The van der Waals surface area contributed by atoms with Gasteiger partial charge in [0, 0.05) is 62.8 Å². The SMILES string of the molecule is COC1COC(COS(=O)(=O)O)[C@H](OCCOCCNC(=O)c2ccc(NC(=O)CSC[C@H](NS(=O)(=O)c3ccc4ccccc4c3)C(=O)NC(Cc3ccc(C(=N)N)cc3)C(=O)N3CCCCC3)cc2)[C@@H]1OC. The predicted molar refractivity (Wildman–Crippen MR) is 276 cm³/mol. The van der Waals surface area contributed by atoms with E-state index in [2.05, 4.69) is 24.9 Å².